The van der Waals surface area contributed by atoms with Crippen LogP contribution < -0.4 is 5.73 Å². The Kier molecular flexibility index (Phi) is 6.82. The van der Waals surface area contributed by atoms with Gasteiger partial charge in [0.1, 0.15) is 11.1 Å². The second kappa shape index (κ2) is 7.88. The van der Waals surface area contributed by atoms with Gasteiger partial charge in [-0.15, -0.1) is 11.8 Å². The second-order valence-corrected chi connectivity index (χ2v) is 6.57. The van der Waals surface area contributed by atoms with E-state index in [1.807, 2.05) is 20.8 Å². The van der Waals surface area contributed by atoms with E-state index in [0.717, 1.165) is 11.3 Å². The van der Waals surface area contributed by atoms with Gasteiger partial charge >= 0.3 is 5.97 Å². The highest BCUT2D eigenvalue weighted by molar-refractivity contribution is 9.10. The lowest BCUT2D eigenvalue weighted by molar-refractivity contribution is -0.147. The maximum Gasteiger partial charge on any atom is 0.319 e. The van der Waals surface area contributed by atoms with Crippen molar-refractivity contribution in [3.63, 3.8) is 0 Å². The first-order valence-corrected chi connectivity index (χ1v) is 8.17. The van der Waals surface area contributed by atoms with Crippen molar-refractivity contribution in [2.24, 2.45) is 0 Å². The molecule has 1 aromatic carbocycles. The molecule has 0 amide bonds. The van der Waals surface area contributed by atoms with E-state index in [1.54, 1.807) is 0 Å². The predicted octanol–water partition coefficient (Wildman–Crippen LogP) is 4.38. The summed E-state index contributed by atoms with van der Waals surface area (Å²) in [4.78, 5) is 12.8. The van der Waals surface area contributed by atoms with Crippen LogP contribution in [0.1, 0.15) is 33.6 Å². The highest BCUT2D eigenvalue weighted by atomic mass is 79.9. The monoisotopic (exact) mass is 363 g/mol. The molecule has 0 radical (unpaired) electrons. The largest absolute Gasteiger partial charge is 0.462 e. The van der Waals surface area contributed by atoms with Gasteiger partial charge in [-0.1, -0.05) is 13.8 Å². The van der Waals surface area contributed by atoms with Crippen molar-refractivity contribution in [3.05, 3.63) is 22.4 Å². The summed E-state index contributed by atoms with van der Waals surface area (Å²) < 4.78 is 19.2. The summed E-state index contributed by atoms with van der Waals surface area (Å²) in [5, 5.41) is -0.329. The molecule has 1 aromatic rings. The lowest BCUT2D eigenvalue weighted by Gasteiger charge is -2.18. The standard InChI is InChI=1S/C14H19BrFNO2S/c1-4-8(3)19-14(18)12(5-2)20-13-7-11(17)10(16)6-9(13)15/h6-8,12H,4-5,17H2,1-3H3. The molecule has 1 rings (SSSR count). The average molecular weight is 364 g/mol. The SMILES string of the molecule is CCC(C)OC(=O)C(CC)Sc1cc(N)c(F)cc1Br. The molecule has 2 N–H and O–H groups in total. The van der Waals surface area contributed by atoms with Gasteiger partial charge < -0.3 is 10.5 Å². The molecule has 0 heterocycles. The van der Waals surface area contributed by atoms with Crippen LogP contribution in [0, 0.1) is 5.82 Å². The summed E-state index contributed by atoms with van der Waals surface area (Å²) in [6, 6.07) is 2.84. The molecular weight excluding hydrogens is 345 g/mol. The fourth-order valence-electron chi connectivity index (χ4n) is 1.44. The molecule has 0 saturated heterocycles. The van der Waals surface area contributed by atoms with Crippen molar-refractivity contribution in [1.29, 1.82) is 0 Å². The molecule has 0 aliphatic rings. The molecule has 20 heavy (non-hydrogen) atoms. The van der Waals surface area contributed by atoms with E-state index in [0.29, 0.717) is 10.9 Å². The quantitative estimate of drug-likeness (QED) is 0.462. The zero-order valence-corrected chi connectivity index (χ0v) is 14.2. The third kappa shape index (κ3) is 4.66. The van der Waals surface area contributed by atoms with Gasteiger partial charge in [-0.05, 0) is 47.8 Å². The lowest BCUT2D eigenvalue weighted by atomic mass is 10.3. The number of nitrogens with two attached hydrogens (primary N) is 1. The molecule has 112 valence electrons. The Hall–Kier alpha value is -0.750. The molecule has 6 heteroatoms. The topological polar surface area (TPSA) is 52.3 Å². The van der Waals surface area contributed by atoms with Gasteiger partial charge in [0, 0.05) is 9.37 Å². The molecule has 0 fully saturated rings. The summed E-state index contributed by atoms with van der Waals surface area (Å²) in [5.41, 5.74) is 5.63. The molecular formula is C14H19BrFNO2S. The predicted molar refractivity (Wildman–Crippen MR) is 84.3 cm³/mol. The molecule has 3 nitrogen and oxygen atoms in total. The number of esters is 1. The minimum Gasteiger partial charge on any atom is -0.462 e. The van der Waals surface area contributed by atoms with Gasteiger partial charge in [0.05, 0.1) is 11.8 Å². The first kappa shape index (κ1) is 17.3. The number of thioether (sulfide) groups is 1. The van der Waals surface area contributed by atoms with Crippen LogP contribution in [0.5, 0.6) is 0 Å². The van der Waals surface area contributed by atoms with Gasteiger partial charge in [0.25, 0.3) is 0 Å². The summed E-state index contributed by atoms with van der Waals surface area (Å²) in [6.45, 7) is 5.74. The minimum atomic E-state index is -0.476. The number of hydrogen-bond acceptors (Lipinski definition) is 4. The second-order valence-electron chi connectivity index (χ2n) is 4.47. The summed E-state index contributed by atoms with van der Waals surface area (Å²) >= 11 is 4.61. The number of anilines is 1. The number of ether oxygens (including phenoxy) is 1. The molecule has 0 saturated carbocycles. The summed E-state index contributed by atoms with van der Waals surface area (Å²) in [5.74, 6) is -0.724. The van der Waals surface area contributed by atoms with E-state index in [4.69, 9.17) is 10.5 Å². The van der Waals surface area contributed by atoms with E-state index in [9.17, 15) is 9.18 Å². The fraction of sp³-hybridized carbons (Fsp3) is 0.500. The van der Waals surface area contributed by atoms with Crippen molar-refractivity contribution in [1.82, 2.24) is 0 Å². The summed E-state index contributed by atoms with van der Waals surface area (Å²) in [6.07, 6.45) is 1.31. The van der Waals surface area contributed by atoms with E-state index >= 15 is 0 Å². The van der Waals surface area contributed by atoms with E-state index in [2.05, 4.69) is 15.9 Å². The van der Waals surface area contributed by atoms with Crippen LogP contribution >= 0.6 is 27.7 Å². The van der Waals surface area contributed by atoms with E-state index < -0.39 is 5.82 Å². The van der Waals surface area contributed by atoms with Gasteiger partial charge in [0.15, 0.2) is 0 Å². The summed E-state index contributed by atoms with van der Waals surface area (Å²) in [7, 11) is 0. The Balaban J connectivity index is 2.83. The third-order valence-electron chi connectivity index (χ3n) is 2.85. The fourth-order valence-corrected chi connectivity index (χ4v) is 3.03. The first-order chi connectivity index (χ1) is 9.38. The van der Waals surface area contributed by atoms with Gasteiger partial charge in [-0.25, -0.2) is 4.39 Å². The van der Waals surface area contributed by atoms with Crippen LogP contribution in [-0.2, 0) is 9.53 Å². The smallest absolute Gasteiger partial charge is 0.319 e. The van der Waals surface area contributed by atoms with Crippen LogP contribution in [0.4, 0.5) is 10.1 Å². The molecule has 0 aliphatic heterocycles. The zero-order chi connectivity index (χ0) is 15.3. The van der Waals surface area contributed by atoms with Gasteiger partial charge in [0.2, 0.25) is 0 Å². The number of carbonyl (C=O) groups excluding carboxylic acids is 1. The number of nitrogen functional groups attached to an aromatic ring is 1. The highest BCUT2D eigenvalue weighted by Crippen LogP contribution is 2.35. The van der Waals surface area contributed by atoms with Crippen molar-refractivity contribution in [2.75, 3.05) is 5.73 Å². The zero-order valence-electron chi connectivity index (χ0n) is 11.8. The maximum absolute atomic E-state index is 13.3. The lowest BCUT2D eigenvalue weighted by Crippen LogP contribution is -2.23. The average Bonchev–Trinajstić information content (AvgIpc) is 2.40. The first-order valence-electron chi connectivity index (χ1n) is 6.50. The Bertz CT molecular complexity index is 484. The molecule has 0 bridgehead atoms. The highest BCUT2D eigenvalue weighted by Gasteiger charge is 2.22. The van der Waals surface area contributed by atoms with Crippen molar-refractivity contribution in [2.45, 2.75) is 49.9 Å². The molecule has 0 aromatic heterocycles. The van der Waals surface area contributed by atoms with Gasteiger partial charge in [-0.3, -0.25) is 4.79 Å². The van der Waals surface area contributed by atoms with Crippen molar-refractivity contribution < 1.29 is 13.9 Å². The Labute approximate surface area is 131 Å². The number of hydrogen-bond donors (Lipinski definition) is 1. The van der Waals surface area contributed by atoms with Crippen LogP contribution in [0.2, 0.25) is 0 Å². The van der Waals surface area contributed by atoms with E-state index in [-0.39, 0.29) is 23.0 Å². The normalized spacial score (nSPS) is 13.8. The van der Waals surface area contributed by atoms with E-state index in [1.165, 1.54) is 23.9 Å². The number of rotatable bonds is 6. The van der Waals surface area contributed by atoms with Crippen LogP contribution in [-0.4, -0.2) is 17.3 Å². The minimum absolute atomic E-state index is 0.0702. The number of carbonyl (C=O) groups is 1. The molecule has 2 atom stereocenters. The van der Waals surface area contributed by atoms with Crippen LogP contribution in [0.3, 0.4) is 0 Å². The number of benzene rings is 1. The number of halogens is 2. The van der Waals surface area contributed by atoms with Gasteiger partial charge in [-0.2, -0.15) is 0 Å². The Morgan fingerprint density at radius 1 is 1.45 bits per heavy atom. The molecule has 2 unspecified atom stereocenters. The molecule has 0 aliphatic carbocycles. The Morgan fingerprint density at radius 2 is 2.10 bits per heavy atom. The van der Waals surface area contributed by atoms with Crippen molar-refractivity contribution >= 4 is 39.3 Å². The van der Waals surface area contributed by atoms with Crippen LogP contribution in [0.15, 0.2) is 21.5 Å². The Morgan fingerprint density at radius 3 is 2.65 bits per heavy atom. The van der Waals surface area contributed by atoms with Crippen molar-refractivity contribution in [3.8, 4) is 0 Å². The molecule has 0 spiro atoms. The maximum atomic E-state index is 13.3. The van der Waals surface area contributed by atoms with Crippen LogP contribution in [0.25, 0.3) is 0 Å². The third-order valence-corrected chi connectivity index (χ3v) is 5.17.